The Morgan fingerprint density at radius 1 is 1.36 bits per heavy atom. The van der Waals surface area contributed by atoms with Gasteiger partial charge in [0, 0.05) is 12.0 Å². The van der Waals surface area contributed by atoms with Crippen molar-refractivity contribution in [2.75, 3.05) is 0 Å². The van der Waals surface area contributed by atoms with E-state index in [2.05, 4.69) is 20.4 Å². The third kappa shape index (κ3) is 1.58. The van der Waals surface area contributed by atoms with Gasteiger partial charge in [-0.05, 0) is 31.1 Å². The predicted octanol–water partition coefficient (Wildman–Crippen LogP) is 2.83. The van der Waals surface area contributed by atoms with Crippen LogP contribution in [0.15, 0.2) is 12.2 Å². The molecule has 2 heteroatoms. The molecule has 14 heavy (non-hydrogen) atoms. The minimum absolute atomic E-state index is 0.178. The highest BCUT2D eigenvalue weighted by atomic mass is 16.6. The van der Waals surface area contributed by atoms with Crippen LogP contribution < -0.4 is 0 Å². The molecule has 0 N–H and O–H groups in total. The molecule has 0 aromatic rings. The summed E-state index contributed by atoms with van der Waals surface area (Å²) in [6.45, 7) is 8.26. The van der Waals surface area contributed by atoms with E-state index in [-0.39, 0.29) is 11.6 Å². The van der Waals surface area contributed by atoms with E-state index in [1.54, 1.807) is 0 Å². The van der Waals surface area contributed by atoms with Gasteiger partial charge in [-0.25, -0.2) is 4.79 Å². The first-order valence-electron chi connectivity index (χ1n) is 5.34. The maximum absolute atomic E-state index is 11.3. The van der Waals surface area contributed by atoms with Gasteiger partial charge in [-0.1, -0.05) is 20.4 Å². The summed E-state index contributed by atoms with van der Waals surface area (Å²) >= 11 is 0. The standard InChI is InChI=1S/C12H18O2/c1-9-7-12(14-10(9)13)6-4-5-11(2,3)8-12/h1,4-8H2,2-3H3/t12-/m0/s1. The third-order valence-corrected chi connectivity index (χ3v) is 3.42. The summed E-state index contributed by atoms with van der Waals surface area (Å²) in [5.41, 5.74) is 0.765. The van der Waals surface area contributed by atoms with Crippen LogP contribution in [0.25, 0.3) is 0 Å². The van der Waals surface area contributed by atoms with E-state index in [1.165, 1.54) is 6.42 Å². The van der Waals surface area contributed by atoms with E-state index in [9.17, 15) is 4.79 Å². The summed E-state index contributed by atoms with van der Waals surface area (Å²) in [5.74, 6) is -0.178. The quantitative estimate of drug-likeness (QED) is 0.438. The van der Waals surface area contributed by atoms with Gasteiger partial charge in [0.2, 0.25) is 0 Å². The summed E-state index contributed by atoms with van der Waals surface area (Å²) in [7, 11) is 0. The normalized spacial score (nSPS) is 36.1. The van der Waals surface area contributed by atoms with Crippen molar-refractivity contribution >= 4 is 5.97 Å². The maximum Gasteiger partial charge on any atom is 0.334 e. The van der Waals surface area contributed by atoms with E-state index in [0.29, 0.717) is 11.0 Å². The Hall–Kier alpha value is -0.790. The van der Waals surface area contributed by atoms with Gasteiger partial charge < -0.3 is 4.74 Å². The topological polar surface area (TPSA) is 26.3 Å². The summed E-state index contributed by atoms with van der Waals surface area (Å²) < 4.78 is 5.50. The summed E-state index contributed by atoms with van der Waals surface area (Å²) in [6.07, 6.45) is 5.15. The van der Waals surface area contributed by atoms with Crippen LogP contribution in [0.2, 0.25) is 0 Å². The number of rotatable bonds is 0. The minimum atomic E-state index is -0.198. The van der Waals surface area contributed by atoms with Gasteiger partial charge in [0.25, 0.3) is 0 Å². The zero-order valence-electron chi connectivity index (χ0n) is 9.06. The Balaban J connectivity index is 2.18. The fraction of sp³-hybridized carbons (Fsp3) is 0.750. The maximum atomic E-state index is 11.3. The van der Waals surface area contributed by atoms with Crippen LogP contribution in [-0.2, 0) is 9.53 Å². The van der Waals surface area contributed by atoms with E-state index >= 15 is 0 Å². The van der Waals surface area contributed by atoms with Crippen LogP contribution in [0.5, 0.6) is 0 Å². The first kappa shape index (κ1) is 9.75. The zero-order valence-corrected chi connectivity index (χ0v) is 9.06. The third-order valence-electron chi connectivity index (χ3n) is 3.42. The number of ether oxygens (including phenoxy) is 1. The lowest BCUT2D eigenvalue weighted by Gasteiger charge is -2.41. The Kier molecular flexibility index (Phi) is 1.98. The molecule has 1 spiro atoms. The van der Waals surface area contributed by atoms with E-state index in [1.807, 2.05) is 0 Å². The first-order chi connectivity index (χ1) is 6.43. The second-order valence-corrected chi connectivity index (χ2v) is 5.55. The Morgan fingerprint density at radius 2 is 2.07 bits per heavy atom. The van der Waals surface area contributed by atoms with Crippen LogP contribution in [0, 0.1) is 5.41 Å². The second kappa shape index (κ2) is 2.85. The molecule has 1 heterocycles. The molecule has 1 saturated heterocycles. The molecule has 1 aliphatic heterocycles. The summed E-state index contributed by atoms with van der Waals surface area (Å²) in [5, 5.41) is 0. The number of carbonyl (C=O) groups excluding carboxylic acids is 1. The highest BCUT2D eigenvalue weighted by molar-refractivity contribution is 5.90. The molecule has 0 aromatic carbocycles. The van der Waals surface area contributed by atoms with E-state index in [0.717, 1.165) is 25.7 Å². The van der Waals surface area contributed by atoms with Crippen LogP contribution in [0.3, 0.4) is 0 Å². The van der Waals surface area contributed by atoms with Crippen molar-refractivity contribution in [2.24, 2.45) is 5.41 Å². The molecule has 78 valence electrons. The van der Waals surface area contributed by atoms with Crippen LogP contribution in [0.1, 0.15) is 46.0 Å². The number of esters is 1. The summed E-state index contributed by atoms with van der Waals surface area (Å²) in [6, 6.07) is 0. The molecule has 1 aliphatic carbocycles. The minimum Gasteiger partial charge on any atom is -0.455 e. The average molecular weight is 194 g/mol. The number of hydrogen-bond donors (Lipinski definition) is 0. The largest absolute Gasteiger partial charge is 0.455 e. The van der Waals surface area contributed by atoms with Crippen molar-refractivity contribution in [3.8, 4) is 0 Å². The van der Waals surface area contributed by atoms with E-state index in [4.69, 9.17) is 4.74 Å². The Labute approximate surface area is 85.3 Å². The molecule has 0 bridgehead atoms. The Bertz CT molecular complexity index is 273. The second-order valence-electron chi connectivity index (χ2n) is 5.55. The van der Waals surface area contributed by atoms with Gasteiger partial charge in [-0.2, -0.15) is 0 Å². The number of carbonyl (C=O) groups is 1. The molecule has 0 amide bonds. The van der Waals surface area contributed by atoms with Crippen molar-refractivity contribution in [3.05, 3.63) is 12.2 Å². The highest BCUT2D eigenvalue weighted by Gasteiger charge is 2.48. The van der Waals surface area contributed by atoms with Crippen molar-refractivity contribution in [1.82, 2.24) is 0 Å². The van der Waals surface area contributed by atoms with Gasteiger partial charge in [0.05, 0.1) is 0 Å². The molecular weight excluding hydrogens is 176 g/mol. The van der Waals surface area contributed by atoms with Crippen molar-refractivity contribution in [1.29, 1.82) is 0 Å². The molecule has 0 aromatic heterocycles. The van der Waals surface area contributed by atoms with Gasteiger partial charge >= 0.3 is 5.97 Å². The molecule has 0 unspecified atom stereocenters. The average Bonchev–Trinajstić information content (AvgIpc) is 2.24. The van der Waals surface area contributed by atoms with Crippen LogP contribution >= 0.6 is 0 Å². The van der Waals surface area contributed by atoms with Gasteiger partial charge in [-0.3, -0.25) is 0 Å². The van der Waals surface area contributed by atoms with Crippen LogP contribution in [0.4, 0.5) is 0 Å². The smallest absolute Gasteiger partial charge is 0.334 e. The Morgan fingerprint density at radius 3 is 2.57 bits per heavy atom. The fourth-order valence-electron chi connectivity index (χ4n) is 2.94. The molecule has 1 atom stereocenters. The summed E-state index contributed by atoms with van der Waals surface area (Å²) in [4.78, 5) is 11.3. The fourth-order valence-corrected chi connectivity index (χ4v) is 2.94. The molecule has 2 nitrogen and oxygen atoms in total. The number of hydrogen-bond acceptors (Lipinski definition) is 2. The molecule has 1 saturated carbocycles. The lowest BCUT2D eigenvalue weighted by molar-refractivity contribution is -0.152. The van der Waals surface area contributed by atoms with Crippen LogP contribution in [-0.4, -0.2) is 11.6 Å². The van der Waals surface area contributed by atoms with Gasteiger partial charge in [0.15, 0.2) is 0 Å². The zero-order chi connectivity index (χ0) is 10.4. The SMILES string of the molecule is C=C1C[C@]2(CCCC(C)(C)C2)OC1=O. The molecule has 0 radical (unpaired) electrons. The monoisotopic (exact) mass is 194 g/mol. The first-order valence-corrected chi connectivity index (χ1v) is 5.34. The van der Waals surface area contributed by atoms with E-state index < -0.39 is 0 Å². The molecule has 2 rings (SSSR count). The predicted molar refractivity (Wildman–Crippen MR) is 54.8 cm³/mol. The van der Waals surface area contributed by atoms with Gasteiger partial charge in [0.1, 0.15) is 5.60 Å². The lowest BCUT2D eigenvalue weighted by Crippen LogP contribution is -2.38. The molecule has 2 fully saturated rings. The van der Waals surface area contributed by atoms with Crippen molar-refractivity contribution in [2.45, 2.75) is 51.6 Å². The molecule has 2 aliphatic rings. The van der Waals surface area contributed by atoms with Gasteiger partial charge in [-0.15, -0.1) is 0 Å². The highest BCUT2D eigenvalue weighted by Crippen LogP contribution is 2.48. The lowest BCUT2D eigenvalue weighted by atomic mass is 9.69. The van der Waals surface area contributed by atoms with Crippen molar-refractivity contribution < 1.29 is 9.53 Å². The van der Waals surface area contributed by atoms with Crippen molar-refractivity contribution in [3.63, 3.8) is 0 Å². The molecular formula is C12H18O2.